The Balaban J connectivity index is 2.32. The van der Waals surface area contributed by atoms with E-state index in [1.807, 2.05) is 13.8 Å². The van der Waals surface area contributed by atoms with Crippen LogP contribution in [0, 0.1) is 5.82 Å². The second kappa shape index (κ2) is 5.20. The molecule has 0 aliphatic carbocycles. The molecule has 0 spiro atoms. The normalized spacial score (nSPS) is 10.8. The Bertz CT molecular complexity index is 652. The largest absolute Gasteiger partial charge is 0.451 e. The summed E-state index contributed by atoms with van der Waals surface area (Å²) in [5.74, 6) is -1.19. The first-order valence-corrected chi connectivity index (χ1v) is 5.99. The minimum Gasteiger partial charge on any atom is -0.451 e. The van der Waals surface area contributed by atoms with Crippen molar-refractivity contribution < 1.29 is 13.9 Å². The lowest BCUT2D eigenvalue weighted by molar-refractivity contribution is 0.100. The van der Waals surface area contributed by atoms with Gasteiger partial charge in [0.25, 0.3) is 5.91 Å². The number of primary amides is 1. The summed E-state index contributed by atoms with van der Waals surface area (Å²) in [4.78, 5) is 11.2. The highest BCUT2D eigenvalue weighted by Gasteiger charge is 2.14. The van der Waals surface area contributed by atoms with E-state index in [4.69, 9.17) is 16.2 Å². The standard InChI is InChI=1S/C13H15FN4O2/c1-7(2)18-6-8(5-17-18)20-12-3-9(13(16)19)11(15)4-10(12)14/h3-7H,15H2,1-2H3,(H2,16,19). The highest BCUT2D eigenvalue weighted by atomic mass is 19.1. The number of carbonyl (C=O) groups excluding carboxylic acids is 1. The minimum atomic E-state index is -0.745. The van der Waals surface area contributed by atoms with E-state index in [-0.39, 0.29) is 23.0 Å². The second-order valence-corrected chi connectivity index (χ2v) is 4.59. The molecule has 0 saturated heterocycles. The van der Waals surface area contributed by atoms with Gasteiger partial charge in [-0.25, -0.2) is 4.39 Å². The van der Waals surface area contributed by atoms with Gasteiger partial charge in [0.15, 0.2) is 17.3 Å². The third-order valence-electron chi connectivity index (χ3n) is 2.70. The molecule has 1 heterocycles. The first-order valence-electron chi connectivity index (χ1n) is 5.99. The Morgan fingerprint density at radius 1 is 1.45 bits per heavy atom. The summed E-state index contributed by atoms with van der Waals surface area (Å²) in [5, 5.41) is 4.07. The molecule has 0 aliphatic rings. The second-order valence-electron chi connectivity index (χ2n) is 4.59. The number of amides is 1. The van der Waals surface area contributed by atoms with Gasteiger partial charge in [-0.2, -0.15) is 5.10 Å². The predicted octanol–water partition coefficient (Wildman–Crippen LogP) is 2.08. The average molecular weight is 278 g/mol. The first-order chi connectivity index (χ1) is 9.38. The van der Waals surface area contributed by atoms with Crippen LogP contribution in [0.15, 0.2) is 24.5 Å². The van der Waals surface area contributed by atoms with Crippen molar-refractivity contribution >= 4 is 11.6 Å². The Morgan fingerprint density at radius 3 is 2.70 bits per heavy atom. The van der Waals surface area contributed by atoms with Gasteiger partial charge >= 0.3 is 0 Å². The van der Waals surface area contributed by atoms with Gasteiger partial charge in [-0.15, -0.1) is 0 Å². The number of nitrogens with two attached hydrogens (primary N) is 2. The summed E-state index contributed by atoms with van der Waals surface area (Å²) >= 11 is 0. The molecule has 20 heavy (non-hydrogen) atoms. The molecule has 1 aromatic carbocycles. The van der Waals surface area contributed by atoms with E-state index in [9.17, 15) is 9.18 Å². The molecule has 7 heteroatoms. The van der Waals surface area contributed by atoms with Crippen LogP contribution >= 0.6 is 0 Å². The van der Waals surface area contributed by atoms with Crippen LogP contribution in [0.2, 0.25) is 0 Å². The Morgan fingerprint density at radius 2 is 2.15 bits per heavy atom. The van der Waals surface area contributed by atoms with Crippen LogP contribution in [0.5, 0.6) is 11.5 Å². The number of ether oxygens (including phenoxy) is 1. The monoisotopic (exact) mass is 278 g/mol. The minimum absolute atomic E-state index is 0.0117. The molecule has 2 rings (SSSR count). The van der Waals surface area contributed by atoms with Gasteiger partial charge in [0.1, 0.15) is 0 Å². The van der Waals surface area contributed by atoms with Crippen LogP contribution in [0.3, 0.4) is 0 Å². The van der Waals surface area contributed by atoms with Gasteiger partial charge in [0, 0.05) is 17.8 Å². The van der Waals surface area contributed by atoms with E-state index >= 15 is 0 Å². The van der Waals surface area contributed by atoms with Crippen LogP contribution in [-0.4, -0.2) is 15.7 Å². The van der Waals surface area contributed by atoms with E-state index in [2.05, 4.69) is 5.10 Å². The highest BCUT2D eigenvalue weighted by molar-refractivity contribution is 5.98. The van der Waals surface area contributed by atoms with Crippen molar-refractivity contribution in [1.82, 2.24) is 9.78 Å². The first kappa shape index (κ1) is 13.9. The summed E-state index contributed by atoms with van der Waals surface area (Å²) < 4.78 is 20.8. The van der Waals surface area contributed by atoms with Gasteiger partial charge in [0.2, 0.25) is 0 Å². The van der Waals surface area contributed by atoms with Gasteiger partial charge in [-0.3, -0.25) is 9.48 Å². The fraction of sp³-hybridized carbons (Fsp3) is 0.231. The van der Waals surface area contributed by atoms with Gasteiger partial charge in [-0.05, 0) is 19.9 Å². The number of halogens is 1. The third kappa shape index (κ3) is 2.71. The molecule has 0 radical (unpaired) electrons. The molecule has 0 fully saturated rings. The van der Waals surface area contributed by atoms with Crippen molar-refractivity contribution in [3.05, 3.63) is 35.9 Å². The Kier molecular flexibility index (Phi) is 3.60. The van der Waals surface area contributed by atoms with Crippen molar-refractivity contribution in [1.29, 1.82) is 0 Å². The number of nitrogen functional groups attached to an aromatic ring is 1. The molecule has 4 N–H and O–H groups in total. The summed E-state index contributed by atoms with van der Waals surface area (Å²) in [5.41, 5.74) is 10.7. The molecule has 0 bridgehead atoms. The number of hydrogen-bond donors (Lipinski definition) is 2. The Labute approximate surface area is 115 Å². The van der Waals surface area contributed by atoms with Gasteiger partial charge in [0.05, 0.1) is 18.0 Å². The summed E-state index contributed by atoms with van der Waals surface area (Å²) in [7, 11) is 0. The zero-order chi connectivity index (χ0) is 14.9. The topological polar surface area (TPSA) is 96.2 Å². The third-order valence-corrected chi connectivity index (χ3v) is 2.70. The van der Waals surface area contributed by atoms with Crippen LogP contribution in [-0.2, 0) is 0 Å². The number of benzene rings is 1. The maximum absolute atomic E-state index is 13.8. The molecule has 0 saturated carbocycles. The SMILES string of the molecule is CC(C)n1cc(Oc2cc(C(N)=O)c(N)cc2F)cn1. The zero-order valence-electron chi connectivity index (χ0n) is 11.1. The van der Waals surface area contributed by atoms with E-state index in [1.165, 1.54) is 12.3 Å². The average Bonchev–Trinajstić information content (AvgIpc) is 2.80. The van der Waals surface area contributed by atoms with Gasteiger partial charge < -0.3 is 16.2 Å². The number of hydrogen-bond acceptors (Lipinski definition) is 4. The molecular formula is C13H15FN4O2. The van der Waals surface area contributed by atoms with Crippen molar-refractivity contribution in [3.63, 3.8) is 0 Å². The van der Waals surface area contributed by atoms with Crippen molar-refractivity contribution in [2.24, 2.45) is 5.73 Å². The van der Waals surface area contributed by atoms with Crippen LogP contribution < -0.4 is 16.2 Å². The van der Waals surface area contributed by atoms with Crippen LogP contribution in [0.25, 0.3) is 0 Å². The summed E-state index contributed by atoms with van der Waals surface area (Å²) in [6.45, 7) is 3.90. The lowest BCUT2D eigenvalue weighted by Gasteiger charge is -2.08. The lowest BCUT2D eigenvalue weighted by atomic mass is 10.1. The van der Waals surface area contributed by atoms with Crippen molar-refractivity contribution in [2.75, 3.05) is 5.73 Å². The van der Waals surface area contributed by atoms with E-state index in [0.29, 0.717) is 5.75 Å². The van der Waals surface area contributed by atoms with E-state index < -0.39 is 11.7 Å². The molecule has 0 unspecified atom stereocenters. The van der Waals surface area contributed by atoms with E-state index in [0.717, 1.165) is 6.07 Å². The maximum Gasteiger partial charge on any atom is 0.250 e. The number of aromatic nitrogens is 2. The van der Waals surface area contributed by atoms with Gasteiger partial charge in [-0.1, -0.05) is 0 Å². The van der Waals surface area contributed by atoms with Crippen molar-refractivity contribution in [3.8, 4) is 11.5 Å². The molecule has 6 nitrogen and oxygen atoms in total. The van der Waals surface area contributed by atoms with Crippen LogP contribution in [0.4, 0.5) is 10.1 Å². The van der Waals surface area contributed by atoms with Crippen LogP contribution in [0.1, 0.15) is 30.2 Å². The summed E-state index contributed by atoms with van der Waals surface area (Å²) in [6.07, 6.45) is 3.09. The van der Waals surface area contributed by atoms with E-state index in [1.54, 1.807) is 10.9 Å². The fourth-order valence-corrected chi connectivity index (χ4v) is 1.64. The fourth-order valence-electron chi connectivity index (χ4n) is 1.64. The number of anilines is 1. The number of nitrogens with zero attached hydrogens (tertiary/aromatic N) is 2. The molecule has 0 atom stereocenters. The smallest absolute Gasteiger partial charge is 0.250 e. The molecular weight excluding hydrogens is 263 g/mol. The molecule has 106 valence electrons. The lowest BCUT2D eigenvalue weighted by Crippen LogP contribution is -2.14. The molecule has 1 aromatic heterocycles. The number of rotatable bonds is 4. The number of carbonyl (C=O) groups is 1. The Hall–Kier alpha value is -2.57. The molecule has 2 aromatic rings. The molecule has 0 aliphatic heterocycles. The quantitative estimate of drug-likeness (QED) is 0.837. The molecule has 1 amide bonds. The highest BCUT2D eigenvalue weighted by Crippen LogP contribution is 2.28. The maximum atomic E-state index is 13.8. The van der Waals surface area contributed by atoms with Crippen molar-refractivity contribution in [2.45, 2.75) is 19.9 Å². The summed E-state index contributed by atoms with van der Waals surface area (Å²) in [6, 6.07) is 2.34. The zero-order valence-corrected chi connectivity index (χ0v) is 11.1. The predicted molar refractivity (Wildman–Crippen MR) is 72.0 cm³/mol.